The number of hydrogen-bond donors (Lipinski definition) is 0. The van der Waals surface area contributed by atoms with E-state index in [1.54, 1.807) is 7.11 Å². The number of nitrogens with zero attached hydrogens (tertiary/aromatic N) is 4. The first kappa shape index (κ1) is 17.5. The van der Waals surface area contributed by atoms with Crippen LogP contribution in [-0.4, -0.2) is 59.3 Å². The average Bonchev–Trinajstić information content (AvgIpc) is 3.02. The van der Waals surface area contributed by atoms with E-state index in [-0.39, 0.29) is 11.9 Å². The molecule has 1 aliphatic rings. The molecule has 1 saturated heterocycles. The van der Waals surface area contributed by atoms with Crippen LogP contribution in [0.25, 0.3) is 0 Å². The number of rotatable bonds is 4. The third kappa shape index (κ3) is 3.39. The summed E-state index contributed by atoms with van der Waals surface area (Å²) in [5.41, 5.74) is 2.66. The number of carbonyl (C=O) groups excluding carboxylic acids is 1. The summed E-state index contributed by atoms with van der Waals surface area (Å²) in [4.78, 5) is 17.1. The minimum absolute atomic E-state index is 0.00305. The van der Waals surface area contributed by atoms with Crippen molar-refractivity contribution in [1.29, 1.82) is 0 Å². The molecule has 2 heterocycles. The van der Waals surface area contributed by atoms with Crippen LogP contribution in [0, 0.1) is 6.92 Å². The number of amides is 1. The SMILES string of the molecule is CCn1nc(C(=O)N2CCN(C)[C@@H](c3ccccc3OC)C2)cc1C. The first-order valence-corrected chi connectivity index (χ1v) is 8.72. The molecule has 1 aliphatic heterocycles. The third-order valence-corrected chi connectivity index (χ3v) is 4.93. The van der Waals surface area contributed by atoms with E-state index in [9.17, 15) is 4.79 Å². The van der Waals surface area contributed by atoms with Gasteiger partial charge in [-0.15, -0.1) is 0 Å². The number of carbonyl (C=O) groups is 1. The topological polar surface area (TPSA) is 50.6 Å². The van der Waals surface area contributed by atoms with Crippen LogP contribution >= 0.6 is 0 Å². The molecule has 2 aromatic rings. The number of aryl methyl sites for hydroxylation is 2. The molecule has 1 aromatic carbocycles. The van der Waals surface area contributed by atoms with E-state index in [2.05, 4.69) is 23.1 Å². The van der Waals surface area contributed by atoms with Crippen LogP contribution in [0.4, 0.5) is 0 Å². The molecule has 3 rings (SSSR count). The molecule has 134 valence electrons. The minimum Gasteiger partial charge on any atom is -0.496 e. The van der Waals surface area contributed by atoms with Crippen LogP contribution < -0.4 is 4.74 Å². The molecule has 25 heavy (non-hydrogen) atoms. The Morgan fingerprint density at radius 1 is 1.32 bits per heavy atom. The molecular formula is C19H26N4O2. The highest BCUT2D eigenvalue weighted by Crippen LogP contribution is 2.31. The maximum absolute atomic E-state index is 12.9. The molecule has 0 spiro atoms. The summed E-state index contributed by atoms with van der Waals surface area (Å²) < 4.78 is 7.38. The molecular weight excluding hydrogens is 316 g/mol. The molecule has 1 fully saturated rings. The largest absolute Gasteiger partial charge is 0.496 e. The minimum atomic E-state index is 0.00305. The van der Waals surface area contributed by atoms with Gasteiger partial charge in [0.1, 0.15) is 5.75 Å². The van der Waals surface area contributed by atoms with Gasteiger partial charge < -0.3 is 9.64 Å². The zero-order valence-electron chi connectivity index (χ0n) is 15.4. The van der Waals surface area contributed by atoms with Crippen LogP contribution in [0.3, 0.4) is 0 Å². The molecule has 0 N–H and O–H groups in total. The highest BCUT2D eigenvalue weighted by Gasteiger charge is 2.31. The van der Waals surface area contributed by atoms with Crippen molar-refractivity contribution in [2.45, 2.75) is 26.4 Å². The van der Waals surface area contributed by atoms with E-state index in [0.29, 0.717) is 18.8 Å². The van der Waals surface area contributed by atoms with E-state index in [0.717, 1.165) is 30.1 Å². The maximum Gasteiger partial charge on any atom is 0.274 e. The lowest BCUT2D eigenvalue weighted by molar-refractivity contribution is 0.0536. The number of methoxy groups -OCH3 is 1. The summed E-state index contributed by atoms with van der Waals surface area (Å²) in [6.07, 6.45) is 0. The number of aromatic nitrogens is 2. The van der Waals surface area contributed by atoms with Crippen molar-refractivity contribution in [3.05, 3.63) is 47.3 Å². The first-order chi connectivity index (χ1) is 12.0. The zero-order chi connectivity index (χ0) is 18.0. The maximum atomic E-state index is 12.9. The van der Waals surface area contributed by atoms with Gasteiger partial charge in [-0.05, 0) is 33.0 Å². The fourth-order valence-electron chi connectivity index (χ4n) is 3.43. The van der Waals surface area contributed by atoms with Crippen LogP contribution in [0.2, 0.25) is 0 Å². The van der Waals surface area contributed by atoms with Gasteiger partial charge in [-0.2, -0.15) is 5.10 Å². The summed E-state index contributed by atoms with van der Waals surface area (Å²) in [5.74, 6) is 0.864. The van der Waals surface area contributed by atoms with Crippen molar-refractivity contribution in [2.24, 2.45) is 0 Å². The number of benzene rings is 1. The van der Waals surface area contributed by atoms with Gasteiger partial charge in [-0.3, -0.25) is 14.4 Å². The first-order valence-electron chi connectivity index (χ1n) is 8.72. The van der Waals surface area contributed by atoms with Crippen molar-refractivity contribution in [3.63, 3.8) is 0 Å². The lowest BCUT2D eigenvalue weighted by atomic mass is 10.0. The van der Waals surface area contributed by atoms with Crippen molar-refractivity contribution >= 4 is 5.91 Å². The molecule has 0 radical (unpaired) electrons. The summed E-state index contributed by atoms with van der Waals surface area (Å²) >= 11 is 0. The second-order valence-corrected chi connectivity index (χ2v) is 6.48. The van der Waals surface area contributed by atoms with E-state index < -0.39 is 0 Å². The standard InChI is InChI=1S/C19H26N4O2/c1-5-23-14(2)12-16(20-23)19(24)22-11-10-21(3)17(13-22)15-8-6-7-9-18(15)25-4/h6-9,12,17H,5,10-11,13H2,1-4H3/t17-/m1/s1. The fraction of sp³-hybridized carbons (Fsp3) is 0.474. The number of likely N-dealkylation sites (N-methyl/N-ethyl adjacent to an activating group) is 1. The number of piperazine rings is 1. The summed E-state index contributed by atoms with van der Waals surface area (Å²) in [6.45, 7) is 6.94. The number of para-hydroxylation sites is 1. The van der Waals surface area contributed by atoms with Gasteiger partial charge in [-0.25, -0.2) is 0 Å². The van der Waals surface area contributed by atoms with Crippen LogP contribution in [0.5, 0.6) is 5.75 Å². The average molecular weight is 342 g/mol. The predicted molar refractivity (Wildman–Crippen MR) is 96.9 cm³/mol. The molecule has 0 unspecified atom stereocenters. The Bertz CT molecular complexity index is 756. The lowest BCUT2D eigenvalue weighted by Crippen LogP contribution is -2.49. The van der Waals surface area contributed by atoms with Crippen molar-refractivity contribution in [3.8, 4) is 5.75 Å². The molecule has 0 aliphatic carbocycles. The van der Waals surface area contributed by atoms with Crippen molar-refractivity contribution in [2.75, 3.05) is 33.8 Å². The van der Waals surface area contributed by atoms with Gasteiger partial charge in [0.25, 0.3) is 5.91 Å². The van der Waals surface area contributed by atoms with Crippen LogP contribution in [-0.2, 0) is 6.54 Å². The molecule has 1 atom stereocenters. The van der Waals surface area contributed by atoms with Gasteiger partial charge in [0.15, 0.2) is 5.69 Å². The van der Waals surface area contributed by atoms with Crippen LogP contribution in [0.15, 0.2) is 30.3 Å². The van der Waals surface area contributed by atoms with E-state index >= 15 is 0 Å². The Hall–Kier alpha value is -2.34. The fourth-order valence-corrected chi connectivity index (χ4v) is 3.43. The Morgan fingerprint density at radius 3 is 2.76 bits per heavy atom. The summed E-state index contributed by atoms with van der Waals surface area (Å²) in [7, 11) is 3.78. The van der Waals surface area contributed by atoms with Crippen LogP contribution in [0.1, 0.15) is 34.7 Å². The molecule has 6 nitrogen and oxygen atoms in total. The molecule has 1 amide bonds. The van der Waals surface area contributed by atoms with E-state index in [1.165, 1.54) is 0 Å². The predicted octanol–water partition coefficient (Wildman–Crippen LogP) is 2.35. The summed E-state index contributed by atoms with van der Waals surface area (Å²) in [5, 5.41) is 4.44. The Kier molecular flexibility index (Phi) is 5.08. The smallest absolute Gasteiger partial charge is 0.274 e. The Balaban J connectivity index is 1.83. The molecule has 0 bridgehead atoms. The van der Waals surface area contributed by atoms with Crippen molar-refractivity contribution < 1.29 is 9.53 Å². The number of hydrogen-bond acceptors (Lipinski definition) is 4. The van der Waals surface area contributed by atoms with Gasteiger partial charge in [0, 0.05) is 37.4 Å². The van der Waals surface area contributed by atoms with Gasteiger partial charge >= 0.3 is 0 Å². The number of ether oxygens (including phenoxy) is 1. The second kappa shape index (κ2) is 7.27. The monoisotopic (exact) mass is 342 g/mol. The normalized spacial score (nSPS) is 18.4. The highest BCUT2D eigenvalue weighted by atomic mass is 16.5. The van der Waals surface area contributed by atoms with E-state index in [1.807, 2.05) is 47.7 Å². The van der Waals surface area contributed by atoms with Gasteiger partial charge in [0.2, 0.25) is 0 Å². The second-order valence-electron chi connectivity index (χ2n) is 6.48. The lowest BCUT2D eigenvalue weighted by Gasteiger charge is -2.39. The molecule has 6 heteroatoms. The Morgan fingerprint density at radius 2 is 2.08 bits per heavy atom. The zero-order valence-corrected chi connectivity index (χ0v) is 15.4. The molecule has 1 aromatic heterocycles. The van der Waals surface area contributed by atoms with Crippen molar-refractivity contribution in [1.82, 2.24) is 19.6 Å². The highest BCUT2D eigenvalue weighted by molar-refractivity contribution is 5.92. The quantitative estimate of drug-likeness (QED) is 0.856. The van der Waals surface area contributed by atoms with Gasteiger partial charge in [-0.1, -0.05) is 18.2 Å². The Labute approximate surface area is 149 Å². The van der Waals surface area contributed by atoms with E-state index in [4.69, 9.17) is 4.74 Å². The summed E-state index contributed by atoms with van der Waals surface area (Å²) in [6, 6.07) is 10.0. The van der Waals surface area contributed by atoms with Gasteiger partial charge in [0.05, 0.1) is 13.2 Å². The third-order valence-electron chi connectivity index (χ3n) is 4.93. The molecule has 0 saturated carbocycles.